The van der Waals surface area contributed by atoms with Crippen molar-refractivity contribution in [1.29, 1.82) is 0 Å². The molecule has 1 N–H and O–H groups in total. The van der Waals surface area contributed by atoms with E-state index in [1.165, 1.54) is 6.07 Å². The van der Waals surface area contributed by atoms with Gasteiger partial charge in [-0.15, -0.1) is 0 Å². The maximum Gasteiger partial charge on any atom is 0.145 e. The Hall–Kier alpha value is -1.91. The Balaban J connectivity index is 1.65. The monoisotopic (exact) mass is 318 g/mol. The molecule has 22 heavy (non-hydrogen) atoms. The highest BCUT2D eigenvalue weighted by Crippen LogP contribution is 2.31. The molecular weight excluding hydrogens is 303 g/mol. The molecule has 1 aliphatic heterocycles. The van der Waals surface area contributed by atoms with E-state index < -0.39 is 0 Å². The third-order valence-corrected chi connectivity index (χ3v) is 3.81. The van der Waals surface area contributed by atoms with Gasteiger partial charge in [0.25, 0.3) is 0 Å². The molecule has 114 valence electrons. The van der Waals surface area contributed by atoms with Gasteiger partial charge in [0.05, 0.1) is 0 Å². The molecule has 0 spiro atoms. The molecule has 0 bridgehead atoms. The van der Waals surface area contributed by atoms with E-state index in [0.29, 0.717) is 23.7 Å². The standard InChI is InChI=1S/C17H16ClFN2O/c1-11-8-21-16-7-12(5-6-17(16)22-11)9-20-10-13-14(18)3-2-4-15(13)19/h2-8,11,20H,9-10H2,1H3. The Labute approximate surface area is 133 Å². The van der Waals surface area contributed by atoms with Crippen molar-refractivity contribution in [3.63, 3.8) is 0 Å². The van der Waals surface area contributed by atoms with Crippen LogP contribution in [0, 0.1) is 5.82 Å². The largest absolute Gasteiger partial charge is 0.483 e. The first kappa shape index (κ1) is 15.0. The van der Waals surface area contributed by atoms with E-state index in [2.05, 4.69) is 10.3 Å². The first-order valence-corrected chi connectivity index (χ1v) is 7.48. The molecule has 3 nitrogen and oxygen atoms in total. The molecule has 3 rings (SSSR count). The topological polar surface area (TPSA) is 33.6 Å². The van der Waals surface area contributed by atoms with Gasteiger partial charge >= 0.3 is 0 Å². The lowest BCUT2D eigenvalue weighted by molar-refractivity contribution is 0.288. The number of halogens is 2. The summed E-state index contributed by atoms with van der Waals surface area (Å²) in [7, 11) is 0. The van der Waals surface area contributed by atoms with Gasteiger partial charge in [-0.1, -0.05) is 23.7 Å². The van der Waals surface area contributed by atoms with E-state index in [4.69, 9.17) is 16.3 Å². The normalized spacial score (nSPS) is 16.2. The van der Waals surface area contributed by atoms with E-state index in [0.717, 1.165) is 17.0 Å². The number of nitrogens with one attached hydrogen (secondary N) is 1. The molecule has 0 fully saturated rings. The minimum absolute atomic E-state index is 0.000303. The minimum atomic E-state index is -0.294. The second-order valence-electron chi connectivity index (χ2n) is 5.21. The van der Waals surface area contributed by atoms with Crippen molar-refractivity contribution < 1.29 is 9.13 Å². The van der Waals surface area contributed by atoms with Gasteiger partial charge in [0.1, 0.15) is 23.4 Å². The van der Waals surface area contributed by atoms with Crippen molar-refractivity contribution in [2.45, 2.75) is 26.1 Å². The van der Waals surface area contributed by atoms with Crippen LogP contribution in [0.15, 0.2) is 41.4 Å². The highest BCUT2D eigenvalue weighted by Gasteiger charge is 2.12. The van der Waals surface area contributed by atoms with Gasteiger partial charge in [0, 0.05) is 29.9 Å². The molecule has 0 radical (unpaired) electrons. The molecule has 0 amide bonds. The first-order valence-electron chi connectivity index (χ1n) is 7.11. The summed E-state index contributed by atoms with van der Waals surface area (Å²) in [6.45, 7) is 2.92. The first-order chi connectivity index (χ1) is 10.6. The molecule has 0 saturated heterocycles. The number of aliphatic imine (C=N–C) groups is 1. The van der Waals surface area contributed by atoms with Crippen molar-refractivity contribution in [2.75, 3.05) is 0 Å². The van der Waals surface area contributed by atoms with Gasteiger partial charge in [0.15, 0.2) is 0 Å². The van der Waals surface area contributed by atoms with E-state index >= 15 is 0 Å². The lowest BCUT2D eigenvalue weighted by atomic mass is 10.1. The maximum absolute atomic E-state index is 13.7. The number of hydrogen-bond donors (Lipinski definition) is 1. The fourth-order valence-corrected chi connectivity index (χ4v) is 2.55. The fraction of sp³-hybridized carbons (Fsp3) is 0.235. The molecule has 1 unspecified atom stereocenters. The Morgan fingerprint density at radius 2 is 2.14 bits per heavy atom. The molecule has 1 atom stereocenters. The number of rotatable bonds is 4. The van der Waals surface area contributed by atoms with Gasteiger partial charge in [-0.05, 0) is 36.8 Å². The summed E-state index contributed by atoms with van der Waals surface area (Å²) in [6.07, 6.45) is 1.78. The van der Waals surface area contributed by atoms with Crippen LogP contribution in [0.5, 0.6) is 5.75 Å². The lowest BCUT2D eigenvalue weighted by Gasteiger charge is -2.18. The zero-order chi connectivity index (χ0) is 15.5. The van der Waals surface area contributed by atoms with Crippen molar-refractivity contribution in [3.8, 4) is 5.75 Å². The van der Waals surface area contributed by atoms with E-state index in [1.807, 2.05) is 25.1 Å². The predicted molar refractivity (Wildman–Crippen MR) is 86.6 cm³/mol. The van der Waals surface area contributed by atoms with E-state index in [9.17, 15) is 4.39 Å². The van der Waals surface area contributed by atoms with Crippen molar-refractivity contribution in [3.05, 3.63) is 58.4 Å². The summed E-state index contributed by atoms with van der Waals surface area (Å²) in [5, 5.41) is 3.63. The van der Waals surface area contributed by atoms with Crippen LogP contribution < -0.4 is 10.1 Å². The minimum Gasteiger partial charge on any atom is -0.483 e. The van der Waals surface area contributed by atoms with Crippen LogP contribution in [0.4, 0.5) is 10.1 Å². The summed E-state index contributed by atoms with van der Waals surface area (Å²) in [5.74, 6) is 0.494. The zero-order valence-electron chi connectivity index (χ0n) is 12.1. The van der Waals surface area contributed by atoms with Crippen molar-refractivity contribution in [2.24, 2.45) is 4.99 Å². The highest BCUT2D eigenvalue weighted by molar-refractivity contribution is 6.31. The van der Waals surface area contributed by atoms with Gasteiger partial charge in [-0.25, -0.2) is 4.39 Å². The molecule has 0 aromatic heterocycles. The quantitative estimate of drug-likeness (QED) is 0.914. The van der Waals surface area contributed by atoms with Crippen LogP contribution >= 0.6 is 11.6 Å². The Morgan fingerprint density at radius 1 is 1.27 bits per heavy atom. The molecule has 1 heterocycles. The molecule has 2 aromatic rings. The van der Waals surface area contributed by atoms with Crippen LogP contribution in [0.2, 0.25) is 5.02 Å². The Morgan fingerprint density at radius 3 is 2.95 bits per heavy atom. The van der Waals surface area contributed by atoms with Gasteiger partial charge in [-0.3, -0.25) is 4.99 Å². The molecule has 5 heteroatoms. The summed E-state index contributed by atoms with van der Waals surface area (Å²) >= 11 is 6.00. The number of fused-ring (bicyclic) bond motifs is 1. The molecule has 0 aliphatic carbocycles. The van der Waals surface area contributed by atoms with Crippen LogP contribution in [0.3, 0.4) is 0 Å². The van der Waals surface area contributed by atoms with Gasteiger partial charge in [-0.2, -0.15) is 0 Å². The third kappa shape index (κ3) is 3.29. The fourth-order valence-electron chi connectivity index (χ4n) is 2.32. The van der Waals surface area contributed by atoms with Gasteiger partial charge in [0.2, 0.25) is 0 Å². The highest BCUT2D eigenvalue weighted by atomic mass is 35.5. The summed E-state index contributed by atoms with van der Waals surface area (Å²) in [4.78, 5) is 4.37. The summed E-state index contributed by atoms with van der Waals surface area (Å²) in [5.41, 5.74) is 2.36. The van der Waals surface area contributed by atoms with Crippen molar-refractivity contribution >= 4 is 23.5 Å². The van der Waals surface area contributed by atoms with Crippen LogP contribution in [0.1, 0.15) is 18.1 Å². The number of ether oxygens (including phenoxy) is 1. The lowest BCUT2D eigenvalue weighted by Crippen LogP contribution is -2.17. The molecule has 1 aliphatic rings. The third-order valence-electron chi connectivity index (χ3n) is 3.45. The van der Waals surface area contributed by atoms with Crippen LogP contribution in [-0.2, 0) is 13.1 Å². The number of benzene rings is 2. The molecular formula is C17H16ClFN2O. The Bertz CT molecular complexity index is 698. The second-order valence-corrected chi connectivity index (χ2v) is 5.61. The number of hydrogen-bond acceptors (Lipinski definition) is 3. The van der Waals surface area contributed by atoms with Crippen molar-refractivity contribution in [1.82, 2.24) is 5.32 Å². The summed E-state index contributed by atoms with van der Waals surface area (Å²) in [6, 6.07) is 10.6. The van der Waals surface area contributed by atoms with E-state index in [1.54, 1.807) is 18.3 Å². The Kier molecular flexibility index (Phi) is 4.41. The van der Waals surface area contributed by atoms with Crippen LogP contribution in [-0.4, -0.2) is 12.3 Å². The van der Waals surface area contributed by atoms with Gasteiger partial charge < -0.3 is 10.1 Å². The molecule has 0 saturated carbocycles. The number of nitrogens with zero attached hydrogens (tertiary/aromatic N) is 1. The predicted octanol–water partition coefficient (Wildman–Crippen LogP) is 4.25. The average Bonchev–Trinajstić information content (AvgIpc) is 2.50. The molecule has 2 aromatic carbocycles. The van der Waals surface area contributed by atoms with Crippen LogP contribution in [0.25, 0.3) is 0 Å². The SMILES string of the molecule is CC1C=Nc2cc(CNCc3c(F)cccc3Cl)ccc2O1. The average molecular weight is 319 g/mol. The smallest absolute Gasteiger partial charge is 0.145 e. The zero-order valence-corrected chi connectivity index (χ0v) is 12.9. The summed E-state index contributed by atoms with van der Waals surface area (Å²) < 4.78 is 19.3. The van der Waals surface area contributed by atoms with E-state index in [-0.39, 0.29) is 11.9 Å². The maximum atomic E-state index is 13.7. The second kappa shape index (κ2) is 6.46.